The van der Waals surface area contributed by atoms with E-state index in [0.29, 0.717) is 48.7 Å². The molecular formula is C71H133N15O2S2. The number of thiophene rings is 2. The van der Waals surface area contributed by atoms with E-state index < -0.39 is 0 Å². The van der Waals surface area contributed by atoms with E-state index in [0.717, 1.165) is 99.3 Å². The maximum atomic E-state index is 6.23. The third kappa shape index (κ3) is 19.9. The fourth-order valence-corrected chi connectivity index (χ4v) is 18.8. The van der Waals surface area contributed by atoms with Crippen molar-refractivity contribution >= 4 is 45.4 Å². The molecule has 90 heavy (non-hydrogen) atoms. The first-order valence-corrected chi connectivity index (χ1v) is 36.7. The Morgan fingerprint density at radius 1 is 0.589 bits per heavy atom. The molecule has 0 amide bonds. The lowest BCUT2D eigenvalue weighted by molar-refractivity contribution is 0.152. The van der Waals surface area contributed by atoms with E-state index in [1.54, 1.807) is 41.5 Å². The van der Waals surface area contributed by atoms with Crippen molar-refractivity contribution in [2.24, 2.45) is 69.4 Å². The molecule has 9 fully saturated rings. The zero-order valence-corrected chi connectivity index (χ0v) is 61.2. The molecule has 13 rings (SSSR count). The van der Waals surface area contributed by atoms with Gasteiger partial charge in [0.05, 0.1) is 24.2 Å². The summed E-state index contributed by atoms with van der Waals surface area (Å²) >= 11 is 3.35. The standard InChI is InChI=1S/C11H22N2.C10H19N.2C9H18N2.C7H12N2O.C7H16N2.C6H10N2S.C6H9NO.C6H9NS/c1-3-9-7-11(8-13(9)2)6-4-5-10(11)12;1-3-10-9-6-4-5-8(9)7-11(10)2;1-3-9-7-4-6(11(9)2)5-8(7)10;1-3-8-9-6(4-7(9)10)5-11(8)2;1-5-6(9-2)4-10-7(5)3-8;1-3-7-6(8)4-5-9(7)2;1-4-5(8)3-9-6(4)2-7;2*1-5-3-8-4-6(5)7-2/h9-10H,3-8,12H2,1-2H3;8-10H,3-7H2,1-2H3;2*6-9H,3-5,10H2,1-2H3;4,9H,3,8H2,1-2H3;6-7H,3-5,8H2,1-2H3;3H,2,7-8H2,1H3;2*3-4,7H,1-2H3/t9?,10-,11?;8-,9-,10?;6-,7+,8-,9?;6?,7-,8?,9?;;6-,7?;;;/m1111.1.../s1. The fraction of sp³-hybridized carbons (Fsp3) is 0.775. The Kier molecular flexibility index (Phi) is 32.4. The molecule has 17 N–H and O–H groups in total. The summed E-state index contributed by atoms with van der Waals surface area (Å²) in [6, 6.07) is 6.65. The molecule has 0 radical (unpaired) electrons. The van der Waals surface area contributed by atoms with Crippen LogP contribution in [0.4, 0.5) is 22.7 Å². The maximum Gasteiger partial charge on any atom is 0.122 e. The van der Waals surface area contributed by atoms with Gasteiger partial charge < -0.3 is 89.4 Å². The summed E-state index contributed by atoms with van der Waals surface area (Å²) in [6.07, 6.45) is 26.3. The number of nitrogens with one attached hydrogen (secondary N) is 3. The smallest absolute Gasteiger partial charge is 0.122 e. The van der Waals surface area contributed by atoms with Crippen molar-refractivity contribution in [3.05, 3.63) is 67.8 Å². The zero-order chi connectivity index (χ0) is 66.6. The molecule has 516 valence electrons. The number of nitrogen functional groups attached to an aromatic ring is 1. The highest BCUT2D eigenvalue weighted by Crippen LogP contribution is 2.48. The van der Waals surface area contributed by atoms with Crippen LogP contribution < -0.4 is 56.1 Å². The maximum absolute atomic E-state index is 6.23. The van der Waals surface area contributed by atoms with Gasteiger partial charge in [0.15, 0.2) is 0 Å². The van der Waals surface area contributed by atoms with Crippen molar-refractivity contribution in [3.63, 3.8) is 0 Å². The number of piperidine rings is 1. The number of aryl methyl sites for hydroxylation is 2. The Bertz CT molecular complexity index is 2510. The molecule has 8 unspecified atom stereocenters. The van der Waals surface area contributed by atoms with Crippen molar-refractivity contribution in [1.82, 2.24) is 24.5 Å². The van der Waals surface area contributed by atoms with Crippen LogP contribution >= 0.6 is 22.7 Å². The van der Waals surface area contributed by atoms with Gasteiger partial charge in [0.1, 0.15) is 18.3 Å². The van der Waals surface area contributed by atoms with Crippen LogP contribution in [0.1, 0.15) is 170 Å². The number of likely N-dealkylation sites (N-methyl/N-ethyl adjacent to an activating group) is 1. The van der Waals surface area contributed by atoms with Crippen LogP contribution in [0.25, 0.3) is 0 Å². The van der Waals surface area contributed by atoms with Gasteiger partial charge in [-0.2, -0.15) is 0 Å². The summed E-state index contributed by atoms with van der Waals surface area (Å²) in [5.74, 6) is 5.53. The fourth-order valence-electron chi connectivity index (χ4n) is 17.1. The minimum atomic E-state index is 0.431. The molecule has 9 heterocycles. The van der Waals surface area contributed by atoms with Crippen LogP contribution in [-0.2, 0) is 13.1 Å². The van der Waals surface area contributed by atoms with Gasteiger partial charge in [-0.1, -0.05) is 47.5 Å². The second-order valence-corrected chi connectivity index (χ2v) is 29.7. The summed E-state index contributed by atoms with van der Waals surface area (Å²) < 4.78 is 10.0. The molecule has 4 aromatic heterocycles. The van der Waals surface area contributed by atoms with Crippen molar-refractivity contribution in [1.29, 1.82) is 0 Å². The molecule has 4 aliphatic carbocycles. The molecule has 5 saturated heterocycles. The van der Waals surface area contributed by atoms with Crippen molar-refractivity contribution in [2.45, 2.75) is 239 Å². The van der Waals surface area contributed by atoms with Crippen LogP contribution in [0.2, 0.25) is 0 Å². The zero-order valence-electron chi connectivity index (χ0n) is 59.6. The van der Waals surface area contributed by atoms with Gasteiger partial charge in [-0.15, -0.1) is 22.7 Å². The molecule has 9 aliphatic rings. The van der Waals surface area contributed by atoms with E-state index in [4.69, 9.17) is 49.0 Å². The van der Waals surface area contributed by atoms with Crippen molar-refractivity contribution in [2.75, 3.05) is 104 Å². The van der Waals surface area contributed by atoms with Gasteiger partial charge in [-0.25, -0.2) is 0 Å². The molecule has 1 spiro atoms. The Balaban J connectivity index is 0.000000185. The second kappa shape index (κ2) is 37.7. The van der Waals surface area contributed by atoms with Crippen molar-refractivity contribution < 1.29 is 8.83 Å². The summed E-state index contributed by atoms with van der Waals surface area (Å²) in [7, 11) is 16.9. The van der Waals surface area contributed by atoms with Crippen LogP contribution in [0.3, 0.4) is 0 Å². The molecular weight excluding hydrogens is 1160 g/mol. The van der Waals surface area contributed by atoms with Crippen LogP contribution in [0, 0.1) is 62.7 Å². The van der Waals surface area contributed by atoms with Gasteiger partial charge in [-0.3, -0.25) is 0 Å². The number of hydrogen-bond donors (Lipinski definition) is 10. The third-order valence-electron chi connectivity index (χ3n) is 22.7. The average molecular weight is 1290 g/mol. The number of hydrogen-bond acceptors (Lipinski definition) is 19. The van der Waals surface area contributed by atoms with Gasteiger partial charge in [0.25, 0.3) is 0 Å². The topological polar surface area (TPSA) is 261 Å². The number of nitrogens with two attached hydrogens (primary N) is 7. The van der Waals surface area contributed by atoms with E-state index in [1.807, 2.05) is 47.3 Å². The number of furan rings is 2. The van der Waals surface area contributed by atoms with Gasteiger partial charge >= 0.3 is 0 Å². The summed E-state index contributed by atoms with van der Waals surface area (Å²) in [4.78, 5) is 13.7. The Hall–Kier alpha value is -3.28. The van der Waals surface area contributed by atoms with E-state index in [2.05, 4.69) is 128 Å². The monoisotopic (exact) mass is 1290 g/mol. The Morgan fingerprint density at radius 3 is 1.63 bits per heavy atom. The molecule has 4 aromatic rings. The number of fused-ring (bicyclic) bond motifs is 4. The Labute approximate surface area is 555 Å². The van der Waals surface area contributed by atoms with E-state index >= 15 is 0 Å². The van der Waals surface area contributed by atoms with E-state index in [9.17, 15) is 0 Å². The van der Waals surface area contributed by atoms with Gasteiger partial charge in [-0.05, 0) is 211 Å². The quantitative estimate of drug-likeness (QED) is 0.0708. The van der Waals surface area contributed by atoms with Gasteiger partial charge in [0, 0.05) is 146 Å². The molecule has 0 aromatic carbocycles. The Morgan fingerprint density at radius 2 is 1.24 bits per heavy atom. The summed E-state index contributed by atoms with van der Waals surface area (Å²) in [5, 5.41) is 15.2. The minimum Gasteiger partial charge on any atom is -0.470 e. The van der Waals surface area contributed by atoms with Crippen molar-refractivity contribution in [3.8, 4) is 0 Å². The predicted octanol–water partition coefficient (Wildman–Crippen LogP) is 11.6. The van der Waals surface area contributed by atoms with Crippen LogP contribution in [-0.4, -0.2) is 167 Å². The summed E-state index contributed by atoms with van der Waals surface area (Å²) in [6.45, 7) is 25.6. The highest BCUT2D eigenvalue weighted by molar-refractivity contribution is 7.10. The van der Waals surface area contributed by atoms with Crippen LogP contribution in [0.5, 0.6) is 0 Å². The predicted molar refractivity (Wildman–Crippen MR) is 389 cm³/mol. The summed E-state index contributed by atoms with van der Waals surface area (Å²) in [5.41, 5.74) is 49.8. The molecule has 17 nitrogen and oxygen atoms in total. The molecule has 5 aliphatic heterocycles. The average Bonchev–Trinajstić information content (AvgIpc) is 1.75. The molecule has 19 heteroatoms. The lowest BCUT2D eigenvalue weighted by Gasteiger charge is -2.40. The second-order valence-electron chi connectivity index (χ2n) is 28.0. The van der Waals surface area contributed by atoms with E-state index in [1.165, 1.54) is 145 Å². The van der Waals surface area contributed by atoms with Gasteiger partial charge in [0.2, 0.25) is 0 Å². The molecule has 4 saturated carbocycles. The first-order chi connectivity index (χ1) is 43.0. The first-order valence-electron chi connectivity index (χ1n) is 34.9. The highest BCUT2D eigenvalue weighted by Gasteiger charge is 2.50. The normalized spacial score (nSPS) is 32.0. The van der Waals surface area contributed by atoms with Crippen LogP contribution in [0.15, 0.2) is 43.8 Å². The SMILES string of the molecule is CCC1C2C(C[C@H]2N)CN1C.CCC1CC2(CCC[C@H]2N)CN1C.CCC1[C@@H]2CCC[C@@H]2CN1C.CCC1[C@H](N)CCN1C.CCC1[C@H]2C[C@H](C[C@H]2N)N1C.CNc1coc(CN)c1C.CNc1cocc1C.CNc1cscc1C.Cc1c(N)csc1CN. The number of anilines is 4. The molecule has 2 bridgehead atoms. The first kappa shape index (κ1) is 77.4. The lowest BCUT2D eigenvalue weighted by atomic mass is 9.68. The minimum absolute atomic E-state index is 0.431. The highest BCUT2D eigenvalue weighted by atomic mass is 32.1. The molecule has 16 atom stereocenters. The lowest BCUT2D eigenvalue weighted by Crippen LogP contribution is -2.49. The van der Waals surface area contributed by atoms with E-state index in [-0.39, 0.29) is 0 Å². The number of likely N-dealkylation sites (tertiary alicyclic amines) is 5. The third-order valence-corrected chi connectivity index (χ3v) is 24.7. The number of nitrogens with zero attached hydrogens (tertiary/aromatic N) is 5. The number of rotatable bonds is 10. The largest absolute Gasteiger partial charge is 0.470 e.